The number of ether oxygens (including phenoxy) is 1. The van der Waals surface area contributed by atoms with E-state index in [1.807, 2.05) is 0 Å². The molecule has 1 heterocycles. The van der Waals surface area contributed by atoms with Crippen molar-refractivity contribution in [2.75, 3.05) is 7.11 Å². The van der Waals surface area contributed by atoms with Gasteiger partial charge in [0, 0.05) is 17.2 Å². The van der Waals surface area contributed by atoms with Gasteiger partial charge in [0.2, 0.25) is 0 Å². The van der Waals surface area contributed by atoms with E-state index in [4.69, 9.17) is 9.68 Å². The average Bonchev–Trinajstić information content (AvgIpc) is 2.93. The quantitative estimate of drug-likeness (QED) is 0.623. The molecule has 0 aliphatic carbocycles. The number of hydrogen-bond acceptors (Lipinski definition) is 4. The van der Waals surface area contributed by atoms with Crippen molar-refractivity contribution in [3.05, 3.63) is 53.8 Å². The van der Waals surface area contributed by atoms with Gasteiger partial charge < -0.3 is 9.15 Å². The molecule has 0 N–H and O–H groups in total. The summed E-state index contributed by atoms with van der Waals surface area (Å²) < 4.78 is 9.94. The van der Waals surface area contributed by atoms with E-state index in [1.165, 1.54) is 13.2 Å². The Kier molecular flexibility index (Phi) is 3.79. The van der Waals surface area contributed by atoms with Gasteiger partial charge in [-0.25, -0.2) is 4.79 Å². The molecule has 4 nitrogen and oxygen atoms in total. The first-order valence-electron chi connectivity index (χ1n) is 5.58. The van der Waals surface area contributed by atoms with Crippen LogP contribution in [-0.4, -0.2) is 13.1 Å². The average molecular weight is 253 g/mol. The standard InChI is InChI=1S/C15H11NO3/c1-18-14(17)7-6-13-8-9-19-15(13)12-4-2-11(10-16)3-5-12/h2-9H,1H3/b7-6+. The molecule has 1 aromatic carbocycles. The van der Waals surface area contributed by atoms with Gasteiger partial charge in [0.15, 0.2) is 0 Å². The zero-order valence-corrected chi connectivity index (χ0v) is 10.3. The van der Waals surface area contributed by atoms with Crippen LogP contribution in [0.25, 0.3) is 17.4 Å². The molecule has 4 heteroatoms. The Morgan fingerprint density at radius 2 is 2.05 bits per heavy atom. The minimum absolute atomic E-state index is 0.424. The fraction of sp³-hybridized carbons (Fsp3) is 0.0667. The van der Waals surface area contributed by atoms with Crippen LogP contribution in [0.3, 0.4) is 0 Å². The van der Waals surface area contributed by atoms with Crippen LogP contribution in [0.5, 0.6) is 0 Å². The first kappa shape index (κ1) is 12.7. The van der Waals surface area contributed by atoms with Gasteiger partial charge in [0.25, 0.3) is 0 Å². The molecule has 0 amide bonds. The molecule has 2 rings (SSSR count). The molecule has 0 spiro atoms. The highest BCUT2D eigenvalue weighted by Crippen LogP contribution is 2.26. The number of esters is 1. The third-order valence-electron chi connectivity index (χ3n) is 2.57. The summed E-state index contributed by atoms with van der Waals surface area (Å²) in [6, 6.07) is 10.8. The fourth-order valence-corrected chi connectivity index (χ4v) is 1.61. The van der Waals surface area contributed by atoms with Crippen molar-refractivity contribution < 1.29 is 13.9 Å². The summed E-state index contributed by atoms with van der Waals surface area (Å²) in [6.45, 7) is 0. The molecular weight excluding hydrogens is 242 g/mol. The topological polar surface area (TPSA) is 63.2 Å². The van der Waals surface area contributed by atoms with Crippen LogP contribution in [0.4, 0.5) is 0 Å². The monoisotopic (exact) mass is 253 g/mol. The highest BCUT2D eigenvalue weighted by atomic mass is 16.5. The van der Waals surface area contributed by atoms with Crippen molar-refractivity contribution in [1.82, 2.24) is 0 Å². The Morgan fingerprint density at radius 1 is 1.32 bits per heavy atom. The summed E-state index contributed by atoms with van der Waals surface area (Å²) in [7, 11) is 1.32. The summed E-state index contributed by atoms with van der Waals surface area (Å²) in [4.78, 5) is 11.1. The SMILES string of the molecule is COC(=O)/C=C/c1ccoc1-c1ccc(C#N)cc1. The molecule has 0 fully saturated rings. The van der Waals surface area contributed by atoms with Crippen LogP contribution < -0.4 is 0 Å². The summed E-state index contributed by atoms with van der Waals surface area (Å²) in [5, 5.41) is 8.75. The van der Waals surface area contributed by atoms with Gasteiger partial charge in [0.1, 0.15) is 5.76 Å². The summed E-state index contributed by atoms with van der Waals surface area (Å²) in [5.74, 6) is 0.219. The lowest BCUT2D eigenvalue weighted by Gasteiger charge is -1.99. The van der Waals surface area contributed by atoms with E-state index >= 15 is 0 Å². The van der Waals surface area contributed by atoms with Crippen LogP contribution >= 0.6 is 0 Å². The molecule has 0 aliphatic rings. The van der Waals surface area contributed by atoms with E-state index in [1.54, 1.807) is 42.7 Å². The summed E-state index contributed by atoms with van der Waals surface area (Å²) in [6.07, 6.45) is 4.51. The molecule has 19 heavy (non-hydrogen) atoms. The van der Waals surface area contributed by atoms with Gasteiger partial charge in [-0.05, 0) is 36.4 Å². The Labute approximate surface area is 110 Å². The number of benzene rings is 1. The summed E-state index contributed by atoms with van der Waals surface area (Å²) >= 11 is 0. The maximum absolute atomic E-state index is 11.1. The van der Waals surface area contributed by atoms with Gasteiger partial charge in [-0.3, -0.25) is 0 Å². The minimum atomic E-state index is -0.424. The van der Waals surface area contributed by atoms with E-state index in [-0.39, 0.29) is 0 Å². The number of nitriles is 1. The van der Waals surface area contributed by atoms with Gasteiger partial charge in [-0.1, -0.05) is 0 Å². The Hall–Kier alpha value is -2.80. The van der Waals surface area contributed by atoms with E-state index in [0.717, 1.165) is 11.1 Å². The maximum Gasteiger partial charge on any atom is 0.330 e. The molecule has 94 valence electrons. The highest BCUT2D eigenvalue weighted by Gasteiger charge is 2.07. The van der Waals surface area contributed by atoms with E-state index in [2.05, 4.69) is 10.8 Å². The number of rotatable bonds is 3. The first-order valence-corrected chi connectivity index (χ1v) is 5.58. The third-order valence-corrected chi connectivity index (χ3v) is 2.57. The maximum atomic E-state index is 11.1. The van der Waals surface area contributed by atoms with Crippen molar-refractivity contribution in [2.45, 2.75) is 0 Å². The lowest BCUT2D eigenvalue weighted by atomic mass is 10.1. The van der Waals surface area contributed by atoms with Crippen LogP contribution in [-0.2, 0) is 9.53 Å². The third kappa shape index (κ3) is 2.90. The van der Waals surface area contributed by atoms with Crippen molar-refractivity contribution in [3.8, 4) is 17.4 Å². The van der Waals surface area contributed by atoms with Gasteiger partial charge in [0.05, 0.1) is 25.0 Å². The second kappa shape index (κ2) is 5.69. The summed E-state index contributed by atoms with van der Waals surface area (Å²) in [5.41, 5.74) is 2.20. The zero-order valence-electron chi connectivity index (χ0n) is 10.3. The molecule has 0 atom stereocenters. The Morgan fingerprint density at radius 3 is 2.68 bits per heavy atom. The Balaban J connectivity index is 2.31. The molecule has 0 saturated carbocycles. The predicted octanol–water partition coefficient (Wildman–Crippen LogP) is 3.00. The molecule has 0 saturated heterocycles. The molecule has 0 unspecified atom stereocenters. The number of furan rings is 1. The van der Waals surface area contributed by atoms with E-state index in [9.17, 15) is 4.79 Å². The lowest BCUT2D eigenvalue weighted by Crippen LogP contribution is -1.93. The highest BCUT2D eigenvalue weighted by molar-refractivity contribution is 5.88. The van der Waals surface area contributed by atoms with Gasteiger partial charge >= 0.3 is 5.97 Å². The Bertz CT molecular complexity index is 645. The molecular formula is C15H11NO3. The van der Waals surface area contributed by atoms with Crippen molar-refractivity contribution in [1.29, 1.82) is 5.26 Å². The van der Waals surface area contributed by atoms with Gasteiger partial charge in [-0.2, -0.15) is 5.26 Å². The lowest BCUT2D eigenvalue weighted by molar-refractivity contribution is -0.134. The zero-order chi connectivity index (χ0) is 13.7. The number of methoxy groups -OCH3 is 1. The second-order valence-electron chi connectivity index (χ2n) is 3.75. The molecule has 0 bridgehead atoms. The number of nitrogens with zero attached hydrogens (tertiary/aromatic N) is 1. The van der Waals surface area contributed by atoms with E-state index < -0.39 is 5.97 Å². The molecule has 1 aromatic heterocycles. The van der Waals surface area contributed by atoms with Crippen molar-refractivity contribution in [2.24, 2.45) is 0 Å². The number of carbonyl (C=O) groups is 1. The van der Waals surface area contributed by atoms with Crippen LogP contribution in [0.1, 0.15) is 11.1 Å². The first-order chi connectivity index (χ1) is 9.24. The molecule has 2 aromatic rings. The number of hydrogen-bond donors (Lipinski definition) is 0. The van der Waals surface area contributed by atoms with Crippen LogP contribution in [0, 0.1) is 11.3 Å². The van der Waals surface area contributed by atoms with Crippen molar-refractivity contribution in [3.63, 3.8) is 0 Å². The van der Waals surface area contributed by atoms with Gasteiger partial charge in [-0.15, -0.1) is 0 Å². The van der Waals surface area contributed by atoms with Crippen LogP contribution in [0.15, 0.2) is 47.1 Å². The molecule has 0 radical (unpaired) electrons. The molecule has 0 aliphatic heterocycles. The largest absolute Gasteiger partial charge is 0.466 e. The fourth-order valence-electron chi connectivity index (χ4n) is 1.61. The minimum Gasteiger partial charge on any atom is -0.466 e. The van der Waals surface area contributed by atoms with Crippen LogP contribution in [0.2, 0.25) is 0 Å². The smallest absolute Gasteiger partial charge is 0.330 e. The van der Waals surface area contributed by atoms with Crippen molar-refractivity contribution >= 4 is 12.0 Å². The second-order valence-corrected chi connectivity index (χ2v) is 3.75. The predicted molar refractivity (Wildman–Crippen MR) is 69.9 cm³/mol. The normalized spacial score (nSPS) is 10.3. The number of carbonyl (C=O) groups excluding carboxylic acids is 1. The van der Waals surface area contributed by atoms with E-state index in [0.29, 0.717) is 11.3 Å².